The smallest absolute Gasteiger partial charge is 0.141 e. The highest BCUT2D eigenvalue weighted by atomic mass is 19.1. The van der Waals surface area contributed by atoms with E-state index >= 15 is 0 Å². The molecule has 0 radical (unpaired) electrons. The zero-order valence-electron chi connectivity index (χ0n) is 12.1. The third-order valence-electron chi connectivity index (χ3n) is 4.09. The van der Waals surface area contributed by atoms with E-state index in [9.17, 15) is 4.39 Å². The van der Waals surface area contributed by atoms with E-state index in [0.29, 0.717) is 5.92 Å². The lowest BCUT2D eigenvalue weighted by atomic mass is 9.88. The number of hydrogen-bond donors (Lipinski definition) is 0. The predicted octanol–water partition coefficient (Wildman–Crippen LogP) is 4.75. The van der Waals surface area contributed by atoms with Gasteiger partial charge in [-0.25, -0.2) is 4.39 Å². The molecule has 2 rings (SSSR count). The van der Waals surface area contributed by atoms with Gasteiger partial charge in [-0.05, 0) is 36.5 Å². The molecule has 3 heteroatoms. The standard InChI is InChI=1S/C17H22FNO/c1-2-3-4-5-13-8-9-20-17(10-13)14-6-7-15(12-19)16(18)11-14/h6-7,11,13,17H,2-5,8-10H2,1H3. The summed E-state index contributed by atoms with van der Waals surface area (Å²) < 4.78 is 19.5. The number of rotatable bonds is 5. The van der Waals surface area contributed by atoms with Crippen LogP contribution in [0.2, 0.25) is 0 Å². The summed E-state index contributed by atoms with van der Waals surface area (Å²) >= 11 is 0. The monoisotopic (exact) mass is 275 g/mol. The number of halogens is 1. The van der Waals surface area contributed by atoms with Crippen LogP contribution in [0.15, 0.2) is 18.2 Å². The average molecular weight is 275 g/mol. The maximum Gasteiger partial charge on any atom is 0.141 e. The van der Waals surface area contributed by atoms with Crippen LogP contribution in [0.4, 0.5) is 4.39 Å². The van der Waals surface area contributed by atoms with Gasteiger partial charge >= 0.3 is 0 Å². The molecule has 0 bridgehead atoms. The van der Waals surface area contributed by atoms with Gasteiger partial charge in [0, 0.05) is 6.61 Å². The van der Waals surface area contributed by atoms with E-state index in [0.717, 1.165) is 25.0 Å². The van der Waals surface area contributed by atoms with Gasteiger partial charge in [0.05, 0.1) is 11.7 Å². The zero-order valence-corrected chi connectivity index (χ0v) is 12.1. The third-order valence-corrected chi connectivity index (χ3v) is 4.09. The minimum Gasteiger partial charge on any atom is -0.374 e. The molecule has 1 aromatic carbocycles. The largest absolute Gasteiger partial charge is 0.374 e. The van der Waals surface area contributed by atoms with Crippen LogP contribution < -0.4 is 0 Å². The maximum absolute atomic E-state index is 13.7. The van der Waals surface area contributed by atoms with Gasteiger partial charge in [-0.1, -0.05) is 38.7 Å². The molecular formula is C17H22FNO. The van der Waals surface area contributed by atoms with Gasteiger partial charge in [0.2, 0.25) is 0 Å². The van der Waals surface area contributed by atoms with Crippen LogP contribution in [0.5, 0.6) is 0 Å². The molecule has 1 fully saturated rings. The number of hydrogen-bond acceptors (Lipinski definition) is 2. The van der Waals surface area contributed by atoms with Gasteiger partial charge in [-0.3, -0.25) is 0 Å². The Labute approximate surface area is 120 Å². The summed E-state index contributed by atoms with van der Waals surface area (Å²) in [6.07, 6.45) is 7.11. The van der Waals surface area contributed by atoms with Crippen molar-refractivity contribution < 1.29 is 9.13 Å². The van der Waals surface area contributed by atoms with Crippen molar-refractivity contribution in [3.63, 3.8) is 0 Å². The SMILES string of the molecule is CCCCCC1CCOC(c2ccc(C#N)c(F)c2)C1. The Balaban J connectivity index is 1.98. The van der Waals surface area contributed by atoms with E-state index in [1.807, 2.05) is 12.1 Å². The van der Waals surface area contributed by atoms with Crippen LogP contribution in [0.3, 0.4) is 0 Å². The number of ether oxygens (including phenoxy) is 1. The molecule has 1 aromatic rings. The van der Waals surface area contributed by atoms with Crippen molar-refractivity contribution in [2.45, 2.75) is 51.6 Å². The zero-order chi connectivity index (χ0) is 14.4. The highest BCUT2D eigenvalue weighted by molar-refractivity contribution is 5.34. The highest BCUT2D eigenvalue weighted by Gasteiger charge is 2.24. The summed E-state index contributed by atoms with van der Waals surface area (Å²) in [5.74, 6) is 0.237. The first-order chi connectivity index (χ1) is 9.74. The van der Waals surface area contributed by atoms with E-state index in [-0.39, 0.29) is 11.7 Å². The Bertz CT molecular complexity index is 480. The van der Waals surface area contributed by atoms with Crippen molar-refractivity contribution in [1.29, 1.82) is 5.26 Å². The topological polar surface area (TPSA) is 33.0 Å². The van der Waals surface area contributed by atoms with Crippen molar-refractivity contribution in [3.8, 4) is 6.07 Å². The second-order valence-electron chi connectivity index (χ2n) is 5.60. The Kier molecular flexibility index (Phi) is 5.55. The summed E-state index contributed by atoms with van der Waals surface area (Å²) in [5, 5.41) is 8.76. The van der Waals surface area contributed by atoms with Crippen LogP contribution in [-0.4, -0.2) is 6.61 Å². The molecule has 20 heavy (non-hydrogen) atoms. The normalized spacial score (nSPS) is 22.4. The summed E-state index contributed by atoms with van der Waals surface area (Å²) in [5.41, 5.74) is 0.964. The molecule has 108 valence electrons. The molecule has 0 aromatic heterocycles. The first kappa shape index (κ1) is 15.0. The highest BCUT2D eigenvalue weighted by Crippen LogP contribution is 2.34. The lowest BCUT2D eigenvalue weighted by molar-refractivity contribution is -0.0126. The molecule has 1 heterocycles. The summed E-state index contributed by atoms with van der Waals surface area (Å²) in [7, 11) is 0. The van der Waals surface area contributed by atoms with Gasteiger partial charge in [0.15, 0.2) is 0 Å². The summed E-state index contributed by atoms with van der Waals surface area (Å²) in [6, 6.07) is 6.68. The van der Waals surface area contributed by atoms with Crippen LogP contribution in [0.1, 0.15) is 62.7 Å². The molecule has 2 atom stereocenters. The minimum absolute atomic E-state index is 0.0161. The lowest BCUT2D eigenvalue weighted by Crippen LogP contribution is -2.20. The molecule has 1 saturated heterocycles. The van der Waals surface area contributed by atoms with Crippen molar-refractivity contribution in [2.75, 3.05) is 6.61 Å². The fraction of sp³-hybridized carbons (Fsp3) is 0.588. The van der Waals surface area contributed by atoms with E-state index < -0.39 is 5.82 Å². The molecule has 0 aliphatic carbocycles. The first-order valence-electron chi connectivity index (χ1n) is 7.55. The molecular weight excluding hydrogens is 253 g/mol. The number of nitriles is 1. The van der Waals surface area contributed by atoms with Crippen LogP contribution in [-0.2, 0) is 4.74 Å². The van der Waals surface area contributed by atoms with Gasteiger partial charge in [-0.15, -0.1) is 0 Å². The predicted molar refractivity (Wildman–Crippen MR) is 76.7 cm³/mol. The van der Waals surface area contributed by atoms with Gasteiger partial charge < -0.3 is 4.74 Å². The van der Waals surface area contributed by atoms with Crippen molar-refractivity contribution in [2.24, 2.45) is 5.92 Å². The van der Waals surface area contributed by atoms with E-state index in [4.69, 9.17) is 10.00 Å². The summed E-state index contributed by atoms with van der Waals surface area (Å²) in [6.45, 7) is 2.97. The van der Waals surface area contributed by atoms with Gasteiger partial charge in [0.1, 0.15) is 11.9 Å². The van der Waals surface area contributed by atoms with Gasteiger partial charge in [-0.2, -0.15) is 5.26 Å². The minimum atomic E-state index is -0.443. The number of unbranched alkanes of at least 4 members (excludes halogenated alkanes) is 2. The van der Waals surface area contributed by atoms with E-state index in [1.165, 1.54) is 31.7 Å². The Morgan fingerprint density at radius 3 is 2.95 bits per heavy atom. The molecule has 0 amide bonds. The van der Waals surface area contributed by atoms with Gasteiger partial charge in [0.25, 0.3) is 0 Å². The average Bonchev–Trinajstić information content (AvgIpc) is 2.48. The van der Waals surface area contributed by atoms with Crippen LogP contribution in [0, 0.1) is 23.1 Å². The van der Waals surface area contributed by atoms with Crippen molar-refractivity contribution in [3.05, 3.63) is 35.1 Å². The molecule has 2 unspecified atom stereocenters. The first-order valence-corrected chi connectivity index (χ1v) is 7.55. The molecule has 1 aliphatic heterocycles. The van der Waals surface area contributed by atoms with E-state index in [1.54, 1.807) is 6.07 Å². The maximum atomic E-state index is 13.7. The third kappa shape index (κ3) is 3.80. The molecule has 0 N–H and O–H groups in total. The second kappa shape index (κ2) is 7.40. The molecule has 0 saturated carbocycles. The molecule has 2 nitrogen and oxygen atoms in total. The van der Waals surface area contributed by atoms with Crippen LogP contribution >= 0.6 is 0 Å². The van der Waals surface area contributed by atoms with Crippen molar-refractivity contribution in [1.82, 2.24) is 0 Å². The van der Waals surface area contributed by atoms with Crippen molar-refractivity contribution >= 4 is 0 Å². The second-order valence-corrected chi connectivity index (χ2v) is 5.60. The molecule has 1 aliphatic rings. The Hall–Kier alpha value is -1.40. The van der Waals surface area contributed by atoms with E-state index in [2.05, 4.69) is 6.92 Å². The Morgan fingerprint density at radius 1 is 1.40 bits per heavy atom. The fourth-order valence-electron chi connectivity index (χ4n) is 2.87. The molecule has 0 spiro atoms. The lowest BCUT2D eigenvalue weighted by Gasteiger charge is -2.30. The van der Waals surface area contributed by atoms with Crippen LogP contribution in [0.25, 0.3) is 0 Å². The fourth-order valence-corrected chi connectivity index (χ4v) is 2.87. The Morgan fingerprint density at radius 2 is 2.25 bits per heavy atom. The number of nitrogens with zero attached hydrogens (tertiary/aromatic N) is 1. The number of benzene rings is 1. The quantitative estimate of drug-likeness (QED) is 0.727. The summed E-state index contributed by atoms with van der Waals surface area (Å²) in [4.78, 5) is 0.